The van der Waals surface area contributed by atoms with E-state index in [9.17, 15) is 5.11 Å². The monoisotopic (exact) mass is 387 g/mol. The van der Waals surface area contributed by atoms with Gasteiger partial charge in [-0.1, -0.05) is 36.4 Å². The Labute approximate surface area is 173 Å². The van der Waals surface area contributed by atoms with Gasteiger partial charge in [0, 0.05) is 57.4 Å². The van der Waals surface area contributed by atoms with Crippen molar-refractivity contribution in [3.8, 4) is 5.75 Å². The maximum atomic E-state index is 10.1. The summed E-state index contributed by atoms with van der Waals surface area (Å²) >= 11 is 0. The number of anilines is 3. The van der Waals surface area contributed by atoms with Gasteiger partial charge in [0.05, 0.1) is 0 Å². The molecule has 150 valence electrons. The van der Waals surface area contributed by atoms with Crippen molar-refractivity contribution in [3.05, 3.63) is 83.4 Å². The van der Waals surface area contributed by atoms with E-state index >= 15 is 0 Å². The SMILES string of the molecule is CN(C)c1ccc(/C=C/c2ccc(NCc3cc(N(C)C)ccc3O)cc2)cc1. The van der Waals surface area contributed by atoms with Gasteiger partial charge in [0.2, 0.25) is 0 Å². The molecule has 4 heteroatoms. The van der Waals surface area contributed by atoms with Gasteiger partial charge in [0.15, 0.2) is 0 Å². The number of hydrogen-bond acceptors (Lipinski definition) is 4. The molecule has 29 heavy (non-hydrogen) atoms. The Morgan fingerprint density at radius 1 is 0.724 bits per heavy atom. The van der Waals surface area contributed by atoms with Gasteiger partial charge >= 0.3 is 0 Å². The molecule has 3 aromatic rings. The first kappa shape index (κ1) is 20.3. The fraction of sp³-hybridized carbons (Fsp3) is 0.200. The highest BCUT2D eigenvalue weighted by molar-refractivity contribution is 5.71. The molecule has 4 nitrogen and oxygen atoms in total. The third-order valence-corrected chi connectivity index (χ3v) is 4.85. The van der Waals surface area contributed by atoms with E-state index in [0.29, 0.717) is 12.3 Å². The van der Waals surface area contributed by atoms with Gasteiger partial charge in [-0.3, -0.25) is 0 Å². The number of nitrogens with zero attached hydrogens (tertiary/aromatic N) is 2. The third kappa shape index (κ3) is 5.55. The summed E-state index contributed by atoms with van der Waals surface area (Å²) in [5, 5.41) is 13.5. The van der Waals surface area contributed by atoms with Crippen molar-refractivity contribution in [2.75, 3.05) is 43.3 Å². The van der Waals surface area contributed by atoms with Crippen LogP contribution >= 0.6 is 0 Å². The second-order valence-electron chi connectivity index (χ2n) is 7.50. The van der Waals surface area contributed by atoms with Crippen molar-refractivity contribution in [2.24, 2.45) is 0 Å². The zero-order chi connectivity index (χ0) is 20.8. The molecule has 0 radical (unpaired) electrons. The summed E-state index contributed by atoms with van der Waals surface area (Å²) in [7, 11) is 8.07. The Balaban J connectivity index is 1.61. The van der Waals surface area contributed by atoms with Gasteiger partial charge in [0.1, 0.15) is 5.75 Å². The molecule has 0 atom stereocenters. The normalized spacial score (nSPS) is 10.9. The second-order valence-corrected chi connectivity index (χ2v) is 7.50. The molecule has 2 N–H and O–H groups in total. The number of phenols is 1. The first-order valence-corrected chi connectivity index (χ1v) is 9.71. The lowest BCUT2D eigenvalue weighted by atomic mass is 10.1. The molecular formula is C25H29N3O. The number of aromatic hydroxyl groups is 1. The van der Waals surface area contributed by atoms with Crippen LogP contribution in [0.5, 0.6) is 5.75 Å². The van der Waals surface area contributed by atoms with Crippen LogP contribution in [0.25, 0.3) is 12.2 Å². The zero-order valence-corrected chi connectivity index (χ0v) is 17.6. The molecule has 0 saturated heterocycles. The van der Waals surface area contributed by atoms with Crippen LogP contribution in [0.15, 0.2) is 66.7 Å². The molecular weight excluding hydrogens is 358 g/mol. The first-order chi connectivity index (χ1) is 13.9. The smallest absolute Gasteiger partial charge is 0.120 e. The van der Waals surface area contributed by atoms with Crippen LogP contribution in [0.2, 0.25) is 0 Å². The van der Waals surface area contributed by atoms with E-state index in [1.54, 1.807) is 6.07 Å². The van der Waals surface area contributed by atoms with E-state index in [4.69, 9.17) is 0 Å². The van der Waals surface area contributed by atoms with Crippen LogP contribution in [-0.4, -0.2) is 33.3 Å². The Kier molecular flexibility index (Phi) is 6.45. The largest absolute Gasteiger partial charge is 0.508 e. The highest BCUT2D eigenvalue weighted by Gasteiger charge is 2.04. The Hall–Kier alpha value is -3.40. The minimum atomic E-state index is 0.308. The molecule has 0 fully saturated rings. The average molecular weight is 388 g/mol. The number of nitrogens with one attached hydrogen (secondary N) is 1. The predicted molar refractivity (Wildman–Crippen MR) is 126 cm³/mol. The number of hydrogen-bond donors (Lipinski definition) is 2. The van der Waals surface area contributed by atoms with Crippen LogP contribution in [0.1, 0.15) is 16.7 Å². The third-order valence-electron chi connectivity index (χ3n) is 4.85. The van der Waals surface area contributed by atoms with E-state index in [0.717, 1.165) is 22.5 Å². The van der Waals surface area contributed by atoms with E-state index in [-0.39, 0.29) is 0 Å². The van der Waals surface area contributed by atoms with Crippen molar-refractivity contribution in [2.45, 2.75) is 6.54 Å². The fourth-order valence-electron chi connectivity index (χ4n) is 2.98. The quantitative estimate of drug-likeness (QED) is 0.539. The molecule has 0 aliphatic rings. The summed E-state index contributed by atoms with van der Waals surface area (Å²) in [5.74, 6) is 0.308. The second kappa shape index (κ2) is 9.20. The molecule has 0 amide bonds. The summed E-state index contributed by atoms with van der Waals surface area (Å²) in [5.41, 5.74) is 6.48. The van der Waals surface area contributed by atoms with Crippen molar-refractivity contribution < 1.29 is 5.11 Å². The molecule has 0 aliphatic heterocycles. The highest BCUT2D eigenvalue weighted by atomic mass is 16.3. The van der Waals surface area contributed by atoms with Crippen molar-refractivity contribution >= 4 is 29.2 Å². The Morgan fingerprint density at radius 3 is 1.79 bits per heavy atom. The number of phenolic OH excluding ortho intramolecular Hbond substituents is 1. The van der Waals surface area contributed by atoms with Crippen LogP contribution in [0, 0.1) is 0 Å². The number of benzene rings is 3. The predicted octanol–water partition coefficient (Wildman–Crippen LogP) is 5.31. The van der Waals surface area contributed by atoms with Gasteiger partial charge in [-0.2, -0.15) is 0 Å². The van der Waals surface area contributed by atoms with Gasteiger partial charge in [0.25, 0.3) is 0 Å². The lowest BCUT2D eigenvalue weighted by molar-refractivity contribution is 0.469. The molecule has 0 heterocycles. The molecule has 0 aromatic heterocycles. The Bertz CT molecular complexity index is 958. The lowest BCUT2D eigenvalue weighted by Gasteiger charge is -2.15. The molecule has 3 rings (SSSR count). The molecule has 0 saturated carbocycles. The van der Waals surface area contributed by atoms with Gasteiger partial charge < -0.3 is 20.2 Å². The highest BCUT2D eigenvalue weighted by Crippen LogP contribution is 2.24. The van der Waals surface area contributed by atoms with Gasteiger partial charge in [-0.25, -0.2) is 0 Å². The maximum absolute atomic E-state index is 10.1. The standard InChI is InChI=1S/C25H29N3O/c1-27(2)23-13-9-20(10-14-23)6-5-19-7-11-22(12-8-19)26-18-21-17-24(28(3)4)15-16-25(21)29/h5-17,26,29H,18H2,1-4H3/b6-5+. The van der Waals surface area contributed by atoms with Crippen LogP contribution in [0.4, 0.5) is 17.1 Å². The summed E-state index contributed by atoms with van der Waals surface area (Å²) in [6.07, 6.45) is 4.23. The van der Waals surface area contributed by atoms with E-state index in [1.165, 1.54) is 11.3 Å². The summed E-state index contributed by atoms with van der Waals surface area (Å²) < 4.78 is 0. The van der Waals surface area contributed by atoms with Crippen molar-refractivity contribution in [1.29, 1.82) is 0 Å². The van der Waals surface area contributed by atoms with Gasteiger partial charge in [-0.15, -0.1) is 0 Å². The maximum Gasteiger partial charge on any atom is 0.120 e. The topological polar surface area (TPSA) is 38.7 Å². The minimum absolute atomic E-state index is 0.308. The number of rotatable bonds is 7. The molecule has 3 aromatic carbocycles. The van der Waals surface area contributed by atoms with Crippen LogP contribution < -0.4 is 15.1 Å². The fourth-order valence-corrected chi connectivity index (χ4v) is 2.98. The van der Waals surface area contributed by atoms with Crippen molar-refractivity contribution in [3.63, 3.8) is 0 Å². The average Bonchev–Trinajstić information content (AvgIpc) is 2.72. The summed E-state index contributed by atoms with van der Waals surface area (Å²) in [6, 6.07) is 22.4. The Morgan fingerprint density at radius 2 is 1.24 bits per heavy atom. The molecule has 0 spiro atoms. The van der Waals surface area contributed by atoms with E-state index in [1.807, 2.05) is 45.2 Å². The zero-order valence-electron chi connectivity index (χ0n) is 17.6. The molecule has 0 unspecified atom stereocenters. The lowest BCUT2D eigenvalue weighted by Crippen LogP contribution is -2.09. The summed E-state index contributed by atoms with van der Waals surface area (Å²) in [6.45, 7) is 0.570. The van der Waals surface area contributed by atoms with E-state index in [2.05, 4.69) is 70.9 Å². The van der Waals surface area contributed by atoms with E-state index < -0.39 is 0 Å². The summed E-state index contributed by atoms with van der Waals surface area (Å²) in [4.78, 5) is 4.12. The first-order valence-electron chi connectivity index (χ1n) is 9.71. The van der Waals surface area contributed by atoms with Crippen LogP contribution in [0.3, 0.4) is 0 Å². The minimum Gasteiger partial charge on any atom is -0.508 e. The van der Waals surface area contributed by atoms with Crippen LogP contribution in [-0.2, 0) is 6.54 Å². The van der Waals surface area contributed by atoms with Crippen molar-refractivity contribution in [1.82, 2.24) is 0 Å². The molecule has 0 aliphatic carbocycles. The van der Waals surface area contributed by atoms with Gasteiger partial charge in [-0.05, 0) is 53.6 Å². The molecule has 0 bridgehead atoms.